The molecule has 1 heterocycles. The van der Waals surface area contributed by atoms with Gasteiger partial charge in [-0.1, -0.05) is 11.6 Å². The number of rotatable bonds is 5. The van der Waals surface area contributed by atoms with Gasteiger partial charge in [0.15, 0.2) is 5.82 Å². The number of benzene rings is 1. The van der Waals surface area contributed by atoms with Crippen LogP contribution >= 0.6 is 20.0 Å². The lowest BCUT2D eigenvalue weighted by Crippen LogP contribution is -2.02. The first-order valence-electron chi connectivity index (χ1n) is 5.64. The van der Waals surface area contributed by atoms with Gasteiger partial charge in [0.1, 0.15) is 5.75 Å². The van der Waals surface area contributed by atoms with Crippen molar-refractivity contribution >= 4 is 37.8 Å². The fourth-order valence-corrected chi connectivity index (χ4v) is 2.03. The van der Waals surface area contributed by atoms with Gasteiger partial charge in [0.05, 0.1) is 31.9 Å². The normalized spacial score (nSPS) is 10.5. The van der Waals surface area contributed by atoms with E-state index in [1.54, 1.807) is 13.2 Å². The first kappa shape index (κ1) is 14.6. The molecule has 0 spiro atoms. The molecule has 0 saturated carbocycles. The summed E-state index contributed by atoms with van der Waals surface area (Å²) in [5.74, 6) is 1.16. The Kier molecular flexibility index (Phi) is 4.79. The molecule has 0 bridgehead atoms. The third kappa shape index (κ3) is 3.20. The van der Waals surface area contributed by atoms with Crippen molar-refractivity contribution in [2.24, 2.45) is 0 Å². The van der Waals surface area contributed by atoms with Gasteiger partial charge in [-0.15, -0.1) is 0 Å². The van der Waals surface area contributed by atoms with E-state index in [0.29, 0.717) is 30.7 Å². The summed E-state index contributed by atoms with van der Waals surface area (Å²) in [7, 11) is 2.08. The zero-order valence-corrected chi connectivity index (χ0v) is 12.4. The number of nitrogen functional groups attached to an aromatic ring is 1. The second-order valence-electron chi connectivity index (χ2n) is 3.81. The molecule has 0 unspecified atom stereocenters. The summed E-state index contributed by atoms with van der Waals surface area (Å²) >= 11 is 6.19. The Morgan fingerprint density at radius 2 is 2.05 bits per heavy atom. The molecule has 2 rings (SSSR count). The number of hydrogen-bond acceptors (Lipinski definition) is 5. The maximum absolute atomic E-state index is 6.19. The van der Waals surface area contributed by atoms with E-state index in [9.17, 15) is 0 Å². The minimum absolute atomic E-state index is 0.399. The summed E-state index contributed by atoms with van der Waals surface area (Å²) in [6, 6.07) is 9.03. The third-order valence-electron chi connectivity index (χ3n) is 2.58. The fraction of sp³-hybridized carbons (Fsp3) is 0.0769. The predicted octanol–water partition coefficient (Wildman–Crippen LogP) is 3.63. The lowest BCUT2D eigenvalue weighted by Gasteiger charge is -2.10. The third-order valence-corrected chi connectivity index (χ3v) is 3.08. The van der Waals surface area contributed by atoms with Gasteiger partial charge in [-0.3, -0.25) is 0 Å². The molecule has 20 heavy (non-hydrogen) atoms. The quantitative estimate of drug-likeness (QED) is 0.652. The van der Waals surface area contributed by atoms with Gasteiger partial charge in [0.2, 0.25) is 0 Å². The molecule has 0 aliphatic rings. The zero-order chi connectivity index (χ0) is 14.5. The predicted molar refractivity (Wildman–Crippen MR) is 84.4 cm³/mol. The number of anilines is 2. The first-order chi connectivity index (χ1) is 9.65. The minimum atomic E-state index is 0.399. The summed E-state index contributed by atoms with van der Waals surface area (Å²) in [4.78, 5) is 4.37. The number of pyridine rings is 1. The Morgan fingerprint density at radius 1 is 1.35 bits per heavy atom. The topological polar surface area (TPSA) is 69.4 Å². The Labute approximate surface area is 123 Å². The summed E-state index contributed by atoms with van der Waals surface area (Å²) in [6.45, 7) is 0. The molecule has 0 amide bonds. The van der Waals surface area contributed by atoms with E-state index < -0.39 is 0 Å². The molecule has 5 nitrogen and oxygen atoms in total. The molecule has 2 aromatic rings. The van der Waals surface area contributed by atoms with Crippen molar-refractivity contribution in [3.05, 3.63) is 35.4 Å². The number of ether oxygens (including phenoxy) is 1. The Hall–Kier alpha value is -1.81. The molecule has 0 aliphatic carbocycles. The van der Waals surface area contributed by atoms with Crippen LogP contribution in [0.5, 0.6) is 5.75 Å². The summed E-state index contributed by atoms with van der Waals surface area (Å²) in [5.41, 5.74) is 10.3. The molecule has 1 aromatic heterocycles. The highest BCUT2D eigenvalue weighted by Crippen LogP contribution is 2.32. The summed E-state index contributed by atoms with van der Waals surface area (Å²) in [6.07, 6.45) is 3.53. The van der Waals surface area contributed by atoms with Crippen LogP contribution in [-0.4, -0.2) is 18.4 Å². The van der Waals surface area contributed by atoms with Crippen LogP contribution in [-0.2, 0) is 4.62 Å². The first-order valence-corrected chi connectivity index (χ1v) is 7.01. The number of nitrogens with one attached hydrogen (secondary N) is 1. The van der Waals surface area contributed by atoms with Gasteiger partial charge in [-0.25, -0.2) is 15.1 Å². The molecular formula is C13H13ClN3O2P. The molecule has 0 fully saturated rings. The van der Waals surface area contributed by atoms with Crippen LogP contribution in [0.25, 0.3) is 11.3 Å². The average molecular weight is 310 g/mol. The van der Waals surface area contributed by atoms with E-state index in [1.807, 2.05) is 24.3 Å². The SMILES string of the molecule is C=PONc1nc(-c2ccc(OC)cc2)c(Cl)cc1N. The maximum Gasteiger partial charge on any atom is 0.174 e. The number of aromatic nitrogens is 1. The average Bonchev–Trinajstić information content (AvgIpc) is 2.47. The Bertz CT molecular complexity index is 620. The van der Waals surface area contributed by atoms with E-state index in [1.165, 1.54) is 0 Å². The highest BCUT2D eigenvalue weighted by molar-refractivity contribution is 7.31. The highest BCUT2D eigenvalue weighted by atomic mass is 35.5. The van der Waals surface area contributed by atoms with Crippen molar-refractivity contribution in [1.29, 1.82) is 0 Å². The number of hydrogen-bond donors (Lipinski definition) is 2. The van der Waals surface area contributed by atoms with E-state index in [-0.39, 0.29) is 0 Å². The molecule has 0 saturated heterocycles. The van der Waals surface area contributed by atoms with Crippen LogP contribution in [0.1, 0.15) is 0 Å². The number of nitrogens with zero attached hydrogens (tertiary/aromatic N) is 1. The number of halogens is 1. The molecule has 7 heteroatoms. The standard InChI is InChI=1S/C13H13ClN3O2P/c1-18-9-5-3-8(4-6-9)12-10(14)7-11(15)13(16-12)17-19-20-2/h3-7H,2,15H2,1H3,(H,16,17). The molecule has 1 aromatic carbocycles. The fourth-order valence-electron chi connectivity index (χ4n) is 1.61. The van der Waals surface area contributed by atoms with Crippen molar-refractivity contribution in [2.45, 2.75) is 0 Å². The molecule has 3 N–H and O–H groups in total. The molecule has 0 aliphatic heterocycles. The van der Waals surface area contributed by atoms with Gasteiger partial charge in [-0.05, 0) is 36.6 Å². The van der Waals surface area contributed by atoms with Crippen LogP contribution in [0.15, 0.2) is 30.3 Å². The van der Waals surface area contributed by atoms with Crippen LogP contribution in [0.3, 0.4) is 0 Å². The second kappa shape index (κ2) is 6.57. The smallest absolute Gasteiger partial charge is 0.174 e. The lowest BCUT2D eigenvalue weighted by atomic mass is 10.1. The Morgan fingerprint density at radius 3 is 2.65 bits per heavy atom. The van der Waals surface area contributed by atoms with E-state index in [2.05, 4.69) is 16.8 Å². The van der Waals surface area contributed by atoms with E-state index in [4.69, 9.17) is 26.7 Å². The van der Waals surface area contributed by atoms with Crippen molar-refractivity contribution in [3.8, 4) is 17.0 Å². The van der Waals surface area contributed by atoms with Crippen LogP contribution in [0.2, 0.25) is 5.02 Å². The largest absolute Gasteiger partial charge is 0.497 e. The van der Waals surface area contributed by atoms with Gasteiger partial charge >= 0.3 is 0 Å². The van der Waals surface area contributed by atoms with Crippen LogP contribution < -0.4 is 16.0 Å². The molecule has 0 atom stereocenters. The van der Waals surface area contributed by atoms with Crippen molar-refractivity contribution in [3.63, 3.8) is 0 Å². The molecule has 104 valence electrons. The summed E-state index contributed by atoms with van der Waals surface area (Å²) < 4.78 is 10.1. The Balaban J connectivity index is 2.41. The van der Waals surface area contributed by atoms with Gasteiger partial charge in [-0.2, -0.15) is 0 Å². The summed E-state index contributed by atoms with van der Waals surface area (Å²) in [5, 5.41) is 0.463. The van der Waals surface area contributed by atoms with Gasteiger partial charge < -0.3 is 10.5 Å². The number of nitrogens with two attached hydrogens (primary N) is 1. The van der Waals surface area contributed by atoms with E-state index in [0.717, 1.165) is 11.3 Å². The minimum Gasteiger partial charge on any atom is -0.497 e. The van der Waals surface area contributed by atoms with Crippen molar-refractivity contribution < 1.29 is 9.36 Å². The molecular weight excluding hydrogens is 297 g/mol. The molecule has 0 radical (unpaired) electrons. The maximum atomic E-state index is 6.19. The van der Waals surface area contributed by atoms with Crippen molar-refractivity contribution in [2.75, 3.05) is 18.3 Å². The van der Waals surface area contributed by atoms with Crippen molar-refractivity contribution in [1.82, 2.24) is 4.98 Å². The second-order valence-corrected chi connectivity index (χ2v) is 4.66. The lowest BCUT2D eigenvalue weighted by molar-refractivity contribution is 0.415. The van der Waals surface area contributed by atoms with E-state index >= 15 is 0 Å². The zero-order valence-electron chi connectivity index (χ0n) is 10.8. The number of methoxy groups -OCH3 is 1. The van der Waals surface area contributed by atoms with Gasteiger partial charge in [0, 0.05) is 5.56 Å². The van der Waals surface area contributed by atoms with Crippen LogP contribution in [0, 0.1) is 0 Å². The highest BCUT2D eigenvalue weighted by Gasteiger charge is 2.11. The van der Waals surface area contributed by atoms with Gasteiger partial charge in [0.25, 0.3) is 0 Å². The monoisotopic (exact) mass is 309 g/mol. The van der Waals surface area contributed by atoms with Crippen LogP contribution in [0.4, 0.5) is 11.5 Å².